The van der Waals surface area contributed by atoms with Gasteiger partial charge in [0.15, 0.2) is 0 Å². The molecule has 0 radical (unpaired) electrons. The van der Waals surface area contributed by atoms with Crippen LogP contribution >= 0.6 is 0 Å². The molecule has 0 spiro atoms. The number of cyclic esters (lactones) is 1. The average molecular weight is 412 g/mol. The molecule has 6 heteroatoms. The van der Waals surface area contributed by atoms with Crippen molar-refractivity contribution in [2.75, 3.05) is 7.11 Å². The van der Waals surface area contributed by atoms with Crippen LogP contribution in [0, 0.1) is 5.92 Å². The fraction of sp³-hybridized carbons (Fsp3) is 0.375. The highest BCUT2D eigenvalue weighted by molar-refractivity contribution is 5.78. The standard InChI is InChI=1S/C12H12O4.C12H16O2/c1-15-10-4-2-8(3-5-10)12-9(7-13)6-11(14)16-12;1-2-3-9-12(13)14-10-11-7-5-4-6-8-11/h2-5,7,9,12H,6H2,1H3;4-8H,2-3,9-10H2,1H3/t9-,12-;/m1./s1. The maximum Gasteiger partial charge on any atom is 0.307 e. The summed E-state index contributed by atoms with van der Waals surface area (Å²) in [6, 6.07) is 16.9. The van der Waals surface area contributed by atoms with Gasteiger partial charge in [0.05, 0.1) is 19.4 Å². The average Bonchev–Trinajstić information content (AvgIpc) is 3.18. The molecule has 3 rings (SSSR count). The Balaban J connectivity index is 0.000000216. The number of ether oxygens (including phenoxy) is 3. The molecule has 30 heavy (non-hydrogen) atoms. The number of unbranched alkanes of at least 4 members (excludes halogenated alkanes) is 1. The molecule has 2 atom stereocenters. The van der Waals surface area contributed by atoms with Gasteiger partial charge in [0, 0.05) is 6.42 Å². The van der Waals surface area contributed by atoms with Crippen molar-refractivity contribution in [1.29, 1.82) is 0 Å². The van der Waals surface area contributed by atoms with Crippen molar-refractivity contribution >= 4 is 18.2 Å². The van der Waals surface area contributed by atoms with Crippen molar-refractivity contribution in [2.24, 2.45) is 5.92 Å². The summed E-state index contributed by atoms with van der Waals surface area (Å²) in [7, 11) is 1.58. The molecule has 2 aromatic rings. The van der Waals surface area contributed by atoms with E-state index in [4.69, 9.17) is 14.2 Å². The molecule has 1 saturated heterocycles. The van der Waals surface area contributed by atoms with Gasteiger partial charge >= 0.3 is 11.9 Å². The minimum Gasteiger partial charge on any atom is -0.497 e. The maximum absolute atomic E-state index is 11.2. The summed E-state index contributed by atoms with van der Waals surface area (Å²) in [5.41, 5.74) is 1.86. The van der Waals surface area contributed by atoms with Crippen LogP contribution in [-0.4, -0.2) is 25.3 Å². The Morgan fingerprint density at radius 1 is 1.13 bits per heavy atom. The quantitative estimate of drug-likeness (QED) is 0.472. The molecule has 0 aromatic heterocycles. The first-order chi connectivity index (χ1) is 14.6. The Hall–Kier alpha value is -3.15. The van der Waals surface area contributed by atoms with E-state index >= 15 is 0 Å². The van der Waals surface area contributed by atoms with Crippen LogP contribution in [0.2, 0.25) is 0 Å². The zero-order valence-electron chi connectivity index (χ0n) is 17.4. The van der Waals surface area contributed by atoms with E-state index in [1.165, 1.54) is 0 Å². The van der Waals surface area contributed by atoms with E-state index in [-0.39, 0.29) is 24.3 Å². The number of esters is 2. The van der Waals surface area contributed by atoms with Crippen molar-refractivity contribution in [3.8, 4) is 5.75 Å². The van der Waals surface area contributed by atoms with Gasteiger partial charge in [0.2, 0.25) is 0 Å². The molecular weight excluding hydrogens is 384 g/mol. The number of hydrogen-bond acceptors (Lipinski definition) is 6. The third-order valence-electron chi connectivity index (χ3n) is 4.65. The van der Waals surface area contributed by atoms with Crippen LogP contribution in [0.3, 0.4) is 0 Å². The zero-order valence-corrected chi connectivity index (χ0v) is 17.4. The lowest BCUT2D eigenvalue weighted by Gasteiger charge is -2.13. The van der Waals surface area contributed by atoms with E-state index in [2.05, 4.69) is 6.92 Å². The Kier molecular flexibility index (Phi) is 9.58. The Bertz CT molecular complexity index is 800. The molecule has 2 aromatic carbocycles. The maximum atomic E-state index is 11.2. The molecule has 0 unspecified atom stereocenters. The zero-order chi connectivity index (χ0) is 21.8. The summed E-state index contributed by atoms with van der Waals surface area (Å²) in [4.78, 5) is 33.1. The molecule has 1 aliphatic heterocycles. The topological polar surface area (TPSA) is 78.9 Å². The van der Waals surface area contributed by atoms with Crippen molar-refractivity contribution in [1.82, 2.24) is 0 Å². The Labute approximate surface area is 177 Å². The lowest BCUT2D eigenvalue weighted by Crippen LogP contribution is -2.08. The first kappa shape index (κ1) is 23.1. The summed E-state index contributed by atoms with van der Waals surface area (Å²) in [6.45, 7) is 2.45. The van der Waals surface area contributed by atoms with E-state index < -0.39 is 6.10 Å². The summed E-state index contributed by atoms with van der Waals surface area (Å²) in [5, 5.41) is 0. The van der Waals surface area contributed by atoms with Crippen LogP contribution in [0.15, 0.2) is 54.6 Å². The number of aldehydes is 1. The third-order valence-corrected chi connectivity index (χ3v) is 4.65. The molecule has 0 N–H and O–H groups in total. The minimum atomic E-state index is -0.448. The summed E-state index contributed by atoms with van der Waals surface area (Å²) < 4.78 is 15.2. The molecular formula is C24H28O6. The molecule has 0 aliphatic carbocycles. The van der Waals surface area contributed by atoms with Gasteiger partial charge < -0.3 is 19.0 Å². The van der Waals surface area contributed by atoms with Crippen LogP contribution in [0.1, 0.15) is 49.8 Å². The number of benzene rings is 2. The van der Waals surface area contributed by atoms with Gasteiger partial charge in [-0.15, -0.1) is 0 Å². The van der Waals surface area contributed by atoms with Crippen LogP contribution in [-0.2, 0) is 30.5 Å². The van der Waals surface area contributed by atoms with Crippen LogP contribution in [0.4, 0.5) is 0 Å². The van der Waals surface area contributed by atoms with Gasteiger partial charge in [-0.05, 0) is 29.7 Å². The van der Waals surface area contributed by atoms with E-state index in [1.807, 2.05) is 30.3 Å². The summed E-state index contributed by atoms with van der Waals surface area (Å²) in [5.74, 6) is -0.0646. The summed E-state index contributed by atoms with van der Waals surface area (Å²) in [6.07, 6.45) is 2.97. The molecule has 160 valence electrons. The first-order valence-corrected chi connectivity index (χ1v) is 10.1. The lowest BCUT2D eigenvalue weighted by molar-refractivity contribution is -0.145. The molecule has 1 heterocycles. The van der Waals surface area contributed by atoms with Gasteiger partial charge in [-0.25, -0.2) is 0 Å². The number of carbonyl (C=O) groups is 3. The van der Waals surface area contributed by atoms with E-state index in [0.29, 0.717) is 13.0 Å². The second-order valence-corrected chi connectivity index (χ2v) is 6.94. The SMILES string of the molecule is CCCCC(=O)OCc1ccccc1.COc1ccc([C@H]2OC(=O)C[C@@H]2C=O)cc1. The Morgan fingerprint density at radius 2 is 1.83 bits per heavy atom. The highest BCUT2D eigenvalue weighted by Crippen LogP contribution is 2.34. The second-order valence-electron chi connectivity index (χ2n) is 6.94. The first-order valence-electron chi connectivity index (χ1n) is 10.1. The number of rotatable bonds is 8. The number of hydrogen-bond donors (Lipinski definition) is 0. The minimum absolute atomic E-state index is 0.101. The summed E-state index contributed by atoms with van der Waals surface area (Å²) >= 11 is 0. The smallest absolute Gasteiger partial charge is 0.307 e. The van der Waals surface area contributed by atoms with Gasteiger partial charge in [-0.2, -0.15) is 0 Å². The normalized spacial score (nSPS) is 17.3. The predicted molar refractivity (Wildman–Crippen MR) is 112 cm³/mol. The van der Waals surface area contributed by atoms with Crippen LogP contribution in [0.25, 0.3) is 0 Å². The van der Waals surface area contributed by atoms with Gasteiger partial charge in [0.1, 0.15) is 24.7 Å². The second kappa shape index (κ2) is 12.4. The van der Waals surface area contributed by atoms with Crippen LogP contribution < -0.4 is 4.74 Å². The molecule has 0 amide bonds. The number of methoxy groups -OCH3 is 1. The van der Waals surface area contributed by atoms with Gasteiger partial charge in [-0.1, -0.05) is 55.8 Å². The van der Waals surface area contributed by atoms with Crippen molar-refractivity contribution < 1.29 is 28.6 Å². The van der Waals surface area contributed by atoms with E-state index in [1.54, 1.807) is 31.4 Å². The molecule has 0 saturated carbocycles. The lowest BCUT2D eigenvalue weighted by atomic mass is 9.97. The van der Waals surface area contributed by atoms with Crippen molar-refractivity contribution in [3.63, 3.8) is 0 Å². The van der Waals surface area contributed by atoms with E-state index in [0.717, 1.165) is 36.0 Å². The van der Waals surface area contributed by atoms with E-state index in [9.17, 15) is 14.4 Å². The van der Waals surface area contributed by atoms with Crippen molar-refractivity contribution in [3.05, 3.63) is 65.7 Å². The highest BCUT2D eigenvalue weighted by atomic mass is 16.6. The predicted octanol–water partition coefficient (Wildman–Crippen LogP) is 4.42. The third kappa shape index (κ3) is 7.35. The molecule has 1 fully saturated rings. The monoisotopic (exact) mass is 412 g/mol. The fourth-order valence-corrected chi connectivity index (χ4v) is 2.94. The molecule has 6 nitrogen and oxygen atoms in total. The fourth-order valence-electron chi connectivity index (χ4n) is 2.94. The highest BCUT2D eigenvalue weighted by Gasteiger charge is 2.35. The molecule has 0 bridgehead atoms. The van der Waals surface area contributed by atoms with Crippen LogP contribution in [0.5, 0.6) is 5.75 Å². The van der Waals surface area contributed by atoms with Gasteiger partial charge in [-0.3, -0.25) is 9.59 Å². The molecule has 1 aliphatic rings. The Morgan fingerprint density at radius 3 is 2.43 bits per heavy atom. The number of carbonyl (C=O) groups excluding carboxylic acids is 3. The van der Waals surface area contributed by atoms with Crippen molar-refractivity contribution in [2.45, 2.75) is 45.3 Å². The largest absolute Gasteiger partial charge is 0.497 e. The van der Waals surface area contributed by atoms with Gasteiger partial charge in [0.25, 0.3) is 0 Å².